The summed E-state index contributed by atoms with van der Waals surface area (Å²) in [6.45, 7) is 6.28. The molecule has 0 aromatic rings. The van der Waals surface area contributed by atoms with Gasteiger partial charge in [-0.3, -0.25) is 14.4 Å². The molecule has 0 heterocycles. The van der Waals surface area contributed by atoms with Gasteiger partial charge in [-0.05, 0) is 96.3 Å². The van der Waals surface area contributed by atoms with Crippen molar-refractivity contribution in [2.75, 3.05) is 13.2 Å². The minimum Gasteiger partial charge on any atom is -0.462 e. The van der Waals surface area contributed by atoms with Crippen LogP contribution in [-0.2, 0) is 28.6 Å². The summed E-state index contributed by atoms with van der Waals surface area (Å²) in [7, 11) is 0. The molecule has 382 valence electrons. The van der Waals surface area contributed by atoms with E-state index >= 15 is 0 Å². The van der Waals surface area contributed by atoms with Gasteiger partial charge >= 0.3 is 17.9 Å². The highest BCUT2D eigenvalue weighted by Crippen LogP contribution is 2.14. The van der Waals surface area contributed by atoms with Crippen LogP contribution in [0.2, 0.25) is 0 Å². The largest absolute Gasteiger partial charge is 0.462 e. The van der Waals surface area contributed by atoms with Crippen molar-refractivity contribution in [2.24, 2.45) is 0 Å². The Morgan fingerprint density at radius 2 is 0.647 bits per heavy atom. The number of esters is 3. The second-order valence-electron chi connectivity index (χ2n) is 17.6. The fraction of sp³-hybridized carbons (Fsp3) is 0.597. The quantitative estimate of drug-likeness (QED) is 0.0199. The lowest BCUT2D eigenvalue weighted by Gasteiger charge is -2.18. The Morgan fingerprint density at radius 3 is 1.09 bits per heavy atom. The van der Waals surface area contributed by atoms with Gasteiger partial charge in [-0.1, -0.05) is 238 Å². The second-order valence-corrected chi connectivity index (χ2v) is 17.6. The Balaban J connectivity index is 4.50. The molecule has 0 saturated heterocycles. The van der Waals surface area contributed by atoms with Gasteiger partial charge in [-0.2, -0.15) is 0 Å². The van der Waals surface area contributed by atoms with E-state index in [9.17, 15) is 14.4 Å². The molecule has 0 saturated carbocycles. The van der Waals surface area contributed by atoms with Gasteiger partial charge in [0.2, 0.25) is 0 Å². The average molecular weight is 939 g/mol. The van der Waals surface area contributed by atoms with E-state index in [0.29, 0.717) is 12.8 Å². The van der Waals surface area contributed by atoms with Crippen molar-refractivity contribution in [3.63, 3.8) is 0 Å². The lowest BCUT2D eigenvalue weighted by Crippen LogP contribution is -2.30. The number of unbranched alkanes of at least 4 members (excludes halogenated alkanes) is 20. The van der Waals surface area contributed by atoms with Gasteiger partial charge in [0.25, 0.3) is 0 Å². The first-order chi connectivity index (χ1) is 33.5. The number of hydrogen-bond donors (Lipinski definition) is 0. The van der Waals surface area contributed by atoms with E-state index in [1.807, 2.05) is 36.5 Å². The maximum absolute atomic E-state index is 12.8. The van der Waals surface area contributed by atoms with Gasteiger partial charge in [0, 0.05) is 19.3 Å². The summed E-state index contributed by atoms with van der Waals surface area (Å²) in [6, 6.07) is 0. The number of rotatable bonds is 47. The van der Waals surface area contributed by atoms with Gasteiger partial charge in [0.1, 0.15) is 13.2 Å². The summed E-state index contributed by atoms with van der Waals surface area (Å²) in [5.74, 6) is -0.984. The average Bonchev–Trinajstić information content (AvgIpc) is 3.34. The van der Waals surface area contributed by atoms with Crippen molar-refractivity contribution >= 4 is 17.9 Å². The van der Waals surface area contributed by atoms with Crippen molar-refractivity contribution in [1.29, 1.82) is 0 Å². The molecule has 6 heteroatoms. The second kappa shape index (κ2) is 55.1. The summed E-state index contributed by atoms with van der Waals surface area (Å²) in [5, 5.41) is 0. The maximum Gasteiger partial charge on any atom is 0.306 e. The Kier molecular flexibility index (Phi) is 51.5. The van der Waals surface area contributed by atoms with Gasteiger partial charge < -0.3 is 14.2 Å². The normalized spacial score (nSPS) is 13.2. The molecule has 0 aliphatic rings. The molecule has 0 rings (SSSR count). The van der Waals surface area contributed by atoms with E-state index in [0.717, 1.165) is 122 Å². The van der Waals surface area contributed by atoms with Crippen molar-refractivity contribution in [3.8, 4) is 0 Å². The molecule has 0 aliphatic carbocycles. The summed E-state index contributed by atoms with van der Waals surface area (Å²) < 4.78 is 16.8. The molecule has 0 aromatic carbocycles. The van der Waals surface area contributed by atoms with E-state index in [2.05, 4.69) is 118 Å². The Labute approximate surface area is 417 Å². The van der Waals surface area contributed by atoms with Crippen LogP contribution >= 0.6 is 0 Å². The molecule has 0 amide bonds. The van der Waals surface area contributed by atoms with E-state index in [1.165, 1.54) is 57.8 Å². The third-order valence-electron chi connectivity index (χ3n) is 11.1. The van der Waals surface area contributed by atoms with Crippen LogP contribution in [0.1, 0.15) is 220 Å². The SMILES string of the molecule is CC\C=C/C=C\C=C/C=C\CCCCCC(=O)OCC(COC(=O)CCCCCCCCCCC/C=C\C/C=C\C/C=C\CC)OC(=O)CCCCCCC\C=C/C=C\C=C/C=C\CCCCC. The topological polar surface area (TPSA) is 78.9 Å². The van der Waals surface area contributed by atoms with Crippen molar-refractivity contribution in [2.45, 2.75) is 226 Å². The molecule has 0 aliphatic heterocycles. The number of carbonyl (C=O) groups is 3. The zero-order chi connectivity index (χ0) is 49.3. The van der Waals surface area contributed by atoms with Gasteiger partial charge in [0.05, 0.1) is 0 Å². The lowest BCUT2D eigenvalue weighted by molar-refractivity contribution is -0.167. The lowest BCUT2D eigenvalue weighted by atomic mass is 10.1. The maximum atomic E-state index is 12.8. The highest BCUT2D eigenvalue weighted by molar-refractivity contribution is 5.71. The third kappa shape index (κ3) is 52.5. The molecule has 0 radical (unpaired) electrons. The van der Waals surface area contributed by atoms with E-state index < -0.39 is 6.10 Å². The Morgan fingerprint density at radius 1 is 0.324 bits per heavy atom. The minimum absolute atomic E-state index is 0.108. The molecule has 1 atom stereocenters. The molecule has 6 nitrogen and oxygen atoms in total. The Bertz CT molecular complexity index is 1500. The molecular formula is C62H98O6. The molecule has 1 unspecified atom stereocenters. The van der Waals surface area contributed by atoms with Crippen LogP contribution in [0.5, 0.6) is 0 Å². The van der Waals surface area contributed by atoms with Crippen LogP contribution in [0.25, 0.3) is 0 Å². The number of hydrogen-bond acceptors (Lipinski definition) is 6. The smallest absolute Gasteiger partial charge is 0.306 e. The van der Waals surface area contributed by atoms with Crippen molar-refractivity contribution < 1.29 is 28.6 Å². The number of carbonyl (C=O) groups excluding carboxylic acids is 3. The van der Waals surface area contributed by atoms with Crippen LogP contribution in [0.15, 0.2) is 134 Å². The van der Waals surface area contributed by atoms with Gasteiger partial charge in [0.15, 0.2) is 6.10 Å². The minimum atomic E-state index is -0.814. The fourth-order valence-corrected chi connectivity index (χ4v) is 7.01. The van der Waals surface area contributed by atoms with E-state index in [-0.39, 0.29) is 37.5 Å². The molecule has 0 N–H and O–H groups in total. The van der Waals surface area contributed by atoms with Crippen LogP contribution in [-0.4, -0.2) is 37.2 Å². The molecule has 68 heavy (non-hydrogen) atoms. The molecule has 0 aromatic heterocycles. The monoisotopic (exact) mass is 939 g/mol. The van der Waals surface area contributed by atoms with Crippen LogP contribution in [0, 0.1) is 0 Å². The van der Waals surface area contributed by atoms with Gasteiger partial charge in [-0.15, -0.1) is 0 Å². The molecule has 0 fully saturated rings. The zero-order valence-corrected chi connectivity index (χ0v) is 43.6. The predicted octanol–water partition coefficient (Wildman–Crippen LogP) is 18.3. The first-order valence-electron chi connectivity index (χ1n) is 27.3. The fourth-order valence-electron chi connectivity index (χ4n) is 7.01. The standard InChI is InChI=1S/C62H98O6/c1-4-7-10-13-16-19-22-25-27-29-31-33-34-37-40-43-46-49-52-55-61(64)67-58-59(57-66-60(63)54-51-48-45-42-39-36-24-21-18-15-12-9-6-3)68-62(65)56-53-50-47-44-41-38-35-32-30-28-26-23-20-17-14-11-8-5-2/h7,9-10,12,15-21,23-28,30,32,35-36,39,59H,4-6,8,11,13-14,22,29,31,33-34,37-38,40-58H2,1-3H3/b10-7-,12-9-,18-15-,19-16-,20-17-,24-21-,26-23-,27-25-,30-28-,35-32-,39-36-. The van der Waals surface area contributed by atoms with Crippen LogP contribution in [0.4, 0.5) is 0 Å². The van der Waals surface area contributed by atoms with E-state index in [4.69, 9.17) is 14.2 Å². The molecule has 0 spiro atoms. The molecular weight excluding hydrogens is 841 g/mol. The van der Waals surface area contributed by atoms with Crippen molar-refractivity contribution in [1.82, 2.24) is 0 Å². The summed E-state index contributed by atoms with van der Waals surface area (Å²) >= 11 is 0. The summed E-state index contributed by atoms with van der Waals surface area (Å²) in [5.41, 5.74) is 0. The first-order valence-corrected chi connectivity index (χ1v) is 27.3. The Hall–Kier alpha value is -4.45. The predicted molar refractivity (Wildman–Crippen MR) is 292 cm³/mol. The van der Waals surface area contributed by atoms with E-state index in [1.54, 1.807) is 0 Å². The summed E-state index contributed by atoms with van der Waals surface area (Å²) in [6.07, 6.45) is 77.2. The first kappa shape index (κ1) is 63.5. The molecule has 0 bridgehead atoms. The highest BCUT2D eigenvalue weighted by Gasteiger charge is 2.19. The number of allylic oxidation sites excluding steroid dienone is 22. The van der Waals surface area contributed by atoms with Crippen LogP contribution < -0.4 is 0 Å². The van der Waals surface area contributed by atoms with Crippen LogP contribution in [0.3, 0.4) is 0 Å². The number of ether oxygens (including phenoxy) is 3. The third-order valence-corrected chi connectivity index (χ3v) is 11.1. The summed E-state index contributed by atoms with van der Waals surface area (Å²) in [4.78, 5) is 38.1. The zero-order valence-electron chi connectivity index (χ0n) is 43.6. The highest BCUT2D eigenvalue weighted by atomic mass is 16.6. The van der Waals surface area contributed by atoms with Gasteiger partial charge in [-0.25, -0.2) is 0 Å². The van der Waals surface area contributed by atoms with Crippen molar-refractivity contribution in [3.05, 3.63) is 134 Å².